The summed E-state index contributed by atoms with van der Waals surface area (Å²) in [7, 11) is 0. The van der Waals surface area contributed by atoms with Gasteiger partial charge in [-0.3, -0.25) is 0 Å². The minimum Gasteiger partial charge on any atom is -0.391 e. The summed E-state index contributed by atoms with van der Waals surface area (Å²) in [5.74, 6) is 6.88. The van der Waals surface area contributed by atoms with E-state index in [0.717, 1.165) is 40.3 Å². The molecule has 0 aliphatic rings. The van der Waals surface area contributed by atoms with Gasteiger partial charge in [-0.2, -0.15) is 60.5 Å². The summed E-state index contributed by atoms with van der Waals surface area (Å²) in [6.07, 6.45) is 1.03. The van der Waals surface area contributed by atoms with Crippen molar-refractivity contribution in [2.45, 2.75) is 24.7 Å². The first kappa shape index (κ1) is 18.7. The molecule has 0 aliphatic carbocycles. The molecule has 1 N–H and O–H groups in total. The third-order valence-corrected chi connectivity index (χ3v) is 7.17. The van der Waals surface area contributed by atoms with Crippen molar-refractivity contribution in [1.29, 1.82) is 0 Å². The average Bonchev–Trinajstić information content (AvgIpc) is 2.34. The zero-order chi connectivity index (χ0) is 12.9. The van der Waals surface area contributed by atoms with E-state index in [-0.39, 0.29) is 6.10 Å². The molecule has 0 radical (unpaired) electrons. The molecule has 0 aromatic heterocycles. The van der Waals surface area contributed by atoms with Crippen LogP contribution in [0.4, 0.5) is 0 Å². The Hall–Kier alpha value is 1.71. The summed E-state index contributed by atoms with van der Waals surface area (Å²) in [5, 5.41) is 10.3. The normalized spacial score (nSPS) is 14.8. The maximum absolute atomic E-state index is 9.76. The summed E-state index contributed by atoms with van der Waals surface area (Å²) in [5.41, 5.74) is 0. The summed E-state index contributed by atoms with van der Waals surface area (Å²) in [4.78, 5) is 0. The first-order valence-corrected chi connectivity index (χ1v) is 10.5. The molecule has 0 amide bonds. The molecule has 0 aliphatic heterocycles. The van der Waals surface area contributed by atoms with Crippen LogP contribution in [0.1, 0.15) is 13.3 Å². The Kier molecular flexibility index (Phi) is 15.5. The van der Waals surface area contributed by atoms with Crippen molar-refractivity contribution in [3.05, 3.63) is 0 Å². The molecule has 0 aromatic rings. The third-order valence-electron chi connectivity index (χ3n) is 1.92. The quantitative estimate of drug-likeness (QED) is 0.377. The number of aliphatic hydroxyl groups is 1. The van der Waals surface area contributed by atoms with E-state index in [1.165, 1.54) is 6.42 Å². The van der Waals surface area contributed by atoms with Gasteiger partial charge >= 0.3 is 0 Å². The molecule has 0 bridgehead atoms. The molecule has 17 heavy (non-hydrogen) atoms. The lowest BCUT2D eigenvalue weighted by Gasteiger charge is -2.15. The minimum absolute atomic E-state index is 0.160. The Balaban J connectivity index is 3.45. The van der Waals surface area contributed by atoms with Crippen molar-refractivity contribution < 1.29 is 5.11 Å². The fourth-order valence-corrected chi connectivity index (χ4v) is 5.18. The lowest BCUT2D eigenvalue weighted by atomic mass is 10.5. The van der Waals surface area contributed by atoms with Crippen LogP contribution in [0.15, 0.2) is 0 Å². The molecule has 0 fully saturated rings. The molecule has 0 rings (SSSR count). The average molecular weight is 333 g/mol. The highest BCUT2D eigenvalue weighted by molar-refractivity contribution is 8.04. The maximum Gasteiger partial charge on any atom is 0.0720 e. The Morgan fingerprint density at radius 1 is 1.06 bits per heavy atom. The fourth-order valence-electron chi connectivity index (χ4n) is 1.12. The fraction of sp³-hybridized carbons (Fsp3) is 1.00. The Labute approximate surface area is 130 Å². The Morgan fingerprint density at radius 3 is 2.35 bits per heavy atom. The molecular weight excluding hydrogens is 308 g/mol. The second-order valence-corrected chi connectivity index (χ2v) is 8.11. The molecule has 0 aromatic carbocycles. The van der Waals surface area contributed by atoms with Gasteiger partial charge in [0.1, 0.15) is 0 Å². The van der Waals surface area contributed by atoms with Gasteiger partial charge in [0.25, 0.3) is 0 Å². The minimum atomic E-state index is -0.160. The lowest BCUT2D eigenvalue weighted by molar-refractivity contribution is 0.225. The van der Waals surface area contributed by atoms with E-state index in [1.807, 2.05) is 35.3 Å². The number of thioether (sulfide) groups is 3. The molecule has 2 atom stereocenters. The van der Waals surface area contributed by atoms with Crippen LogP contribution in [0.25, 0.3) is 0 Å². The predicted octanol–water partition coefficient (Wildman–Crippen LogP) is 3.19. The molecule has 0 saturated heterocycles. The second-order valence-electron chi connectivity index (χ2n) is 3.67. The van der Waals surface area contributed by atoms with Crippen molar-refractivity contribution in [1.82, 2.24) is 0 Å². The molecule has 0 saturated carbocycles. The number of rotatable bonds is 12. The summed E-state index contributed by atoms with van der Waals surface area (Å²) >= 11 is 14.2. The van der Waals surface area contributed by atoms with Crippen molar-refractivity contribution in [3.8, 4) is 0 Å². The number of hydrogen-bond donors (Lipinski definition) is 3. The molecule has 6 heteroatoms. The van der Waals surface area contributed by atoms with E-state index >= 15 is 0 Å². The third kappa shape index (κ3) is 12.5. The van der Waals surface area contributed by atoms with Crippen LogP contribution in [0.5, 0.6) is 0 Å². The van der Waals surface area contributed by atoms with E-state index in [0.29, 0.717) is 5.25 Å². The summed E-state index contributed by atoms with van der Waals surface area (Å²) in [6, 6.07) is 0. The smallest absolute Gasteiger partial charge is 0.0720 e. The Morgan fingerprint density at radius 2 is 1.76 bits per heavy atom. The van der Waals surface area contributed by atoms with Crippen LogP contribution in [-0.2, 0) is 0 Å². The lowest BCUT2D eigenvalue weighted by Crippen LogP contribution is -2.17. The van der Waals surface area contributed by atoms with Gasteiger partial charge in [-0.1, -0.05) is 6.92 Å². The highest BCUT2D eigenvalue weighted by Gasteiger charge is 2.09. The highest BCUT2D eigenvalue weighted by atomic mass is 32.2. The summed E-state index contributed by atoms with van der Waals surface area (Å²) < 4.78 is 0. The van der Waals surface area contributed by atoms with Gasteiger partial charge in [0.2, 0.25) is 0 Å². The number of thiol groups is 2. The van der Waals surface area contributed by atoms with Crippen molar-refractivity contribution in [3.63, 3.8) is 0 Å². The van der Waals surface area contributed by atoms with Crippen LogP contribution in [-0.4, -0.2) is 56.7 Å². The maximum atomic E-state index is 9.76. The van der Waals surface area contributed by atoms with Gasteiger partial charge in [0.05, 0.1) is 6.10 Å². The van der Waals surface area contributed by atoms with Gasteiger partial charge < -0.3 is 5.11 Å². The van der Waals surface area contributed by atoms with Crippen molar-refractivity contribution in [2.24, 2.45) is 0 Å². The van der Waals surface area contributed by atoms with E-state index in [4.69, 9.17) is 0 Å². The van der Waals surface area contributed by atoms with Gasteiger partial charge in [0, 0.05) is 34.0 Å². The number of hydrogen-bond acceptors (Lipinski definition) is 6. The highest BCUT2D eigenvalue weighted by Crippen LogP contribution is 2.19. The van der Waals surface area contributed by atoms with Crippen LogP contribution in [0.3, 0.4) is 0 Å². The molecule has 0 spiro atoms. The van der Waals surface area contributed by atoms with Gasteiger partial charge in [-0.05, 0) is 17.9 Å². The topological polar surface area (TPSA) is 20.2 Å². The van der Waals surface area contributed by atoms with Gasteiger partial charge in [-0.25, -0.2) is 0 Å². The van der Waals surface area contributed by atoms with Crippen molar-refractivity contribution >= 4 is 60.5 Å². The molecule has 104 valence electrons. The largest absolute Gasteiger partial charge is 0.391 e. The van der Waals surface area contributed by atoms with E-state index in [1.54, 1.807) is 0 Å². The first-order chi connectivity index (χ1) is 8.24. The van der Waals surface area contributed by atoms with E-state index < -0.39 is 0 Å². The predicted molar refractivity (Wildman–Crippen MR) is 94.9 cm³/mol. The molecular formula is C11H24OS5. The van der Waals surface area contributed by atoms with E-state index in [9.17, 15) is 5.11 Å². The second kappa shape index (κ2) is 14.1. The molecule has 2 unspecified atom stereocenters. The molecule has 1 nitrogen and oxygen atoms in total. The zero-order valence-electron chi connectivity index (χ0n) is 10.4. The monoisotopic (exact) mass is 332 g/mol. The SMILES string of the molecule is CCCSCC(O)CSCC(CS)SCCS. The van der Waals surface area contributed by atoms with Gasteiger partial charge in [-0.15, -0.1) is 0 Å². The number of aliphatic hydroxyl groups excluding tert-OH is 1. The molecule has 0 heterocycles. The standard InChI is InChI=1S/C11H24OS5/c1-2-4-15-7-10(12)8-16-9-11(6-14)17-5-3-13/h10-14H,2-9H2,1H3. The van der Waals surface area contributed by atoms with Crippen LogP contribution in [0.2, 0.25) is 0 Å². The van der Waals surface area contributed by atoms with Crippen LogP contribution in [0, 0.1) is 0 Å². The zero-order valence-corrected chi connectivity index (χ0v) is 14.6. The Bertz CT molecular complexity index is 159. The van der Waals surface area contributed by atoms with E-state index in [2.05, 4.69) is 32.2 Å². The van der Waals surface area contributed by atoms with Crippen molar-refractivity contribution in [2.75, 3.05) is 40.3 Å². The van der Waals surface area contributed by atoms with Crippen LogP contribution < -0.4 is 0 Å². The first-order valence-electron chi connectivity index (χ1n) is 5.91. The van der Waals surface area contributed by atoms with Gasteiger partial charge in [0.15, 0.2) is 0 Å². The summed E-state index contributed by atoms with van der Waals surface area (Å²) in [6.45, 7) is 2.17. The van der Waals surface area contributed by atoms with Crippen LogP contribution >= 0.6 is 60.5 Å².